The van der Waals surface area contributed by atoms with E-state index in [0.29, 0.717) is 17.7 Å². The van der Waals surface area contributed by atoms with Gasteiger partial charge in [0, 0.05) is 17.8 Å². The second-order valence-corrected chi connectivity index (χ2v) is 5.98. The lowest BCUT2D eigenvalue weighted by Crippen LogP contribution is -2.19. The maximum Gasteiger partial charge on any atom is 0.266 e. The lowest BCUT2D eigenvalue weighted by atomic mass is 9.99. The topological polar surface area (TPSA) is 85.8 Å². The summed E-state index contributed by atoms with van der Waals surface area (Å²) in [4.78, 5) is 26.7. The maximum atomic E-state index is 12.3. The van der Waals surface area contributed by atoms with Crippen LogP contribution in [-0.2, 0) is 11.2 Å². The Morgan fingerprint density at radius 1 is 1.21 bits per heavy atom. The number of nitrogens with one attached hydrogen (secondary N) is 2. The summed E-state index contributed by atoms with van der Waals surface area (Å²) >= 11 is 0. The molecule has 1 aromatic heterocycles. The summed E-state index contributed by atoms with van der Waals surface area (Å²) in [7, 11) is 0. The number of hydrogen-bond donors (Lipinski definition) is 2. The molecular weight excluding hydrogens is 302 g/mol. The van der Waals surface area contributed by atoms with Crippen LogP contribution in [0.25, 0.3) is 0 Å². The summed E-state index contributed by atoms with van der Waals surface area (Å²) in [5.74, 6) is -0.0871. The van der Waals surface area contributed by atoms with Gasteiger partial charge in [-0.05, 0) is 56.4 Å². The summed E-state index contributed by atoms with van der Waals surface area (Å²) in [6.45, 7) is 7.45. The van der Waals surface area contributed by atoms with E-state index in [9.17, 15) is 9.59 Å². The third-order valence-electron chi connectivity index (χ3n) is 4.27. The average molecular weight is 323 g/mol. The van der Waals surface area contributed by atoms with E-state index in [1.165, 1.54) is 0 Å². The Morgan fingerprint density at radius 3 is 2.42 bits per heavy atom. The van der Waals surface area contributed by atoms with Crippen LogP contribution in [0, 0.1) is 39.0 Å². The van der Waals surface area contributed by atoms with Crippen molar-refractivity contribution < 1.29 is 4.79 Å². The van der Waals surface area contributed by atoms with Gasteiger partial charge >= 0.3 is 0 Å². The molecule has 0 saturated carbocycles. The van der Waals surface area contributed by atoms with Crippen molar-refractivity contribution in [2.45, 2.75) is 40.5 Å². The molecule has 5 heteroatoms. The molecule has 5 nitrogen and oxygen atoms in total. The fraction of sp³-hybridized carbons (Fsp3) is 0.316. The van der Waals surface area contributed by atoms with Crippen molar-refractivity contribution in [3.8, 4) is 6.07 Å². The summed E-state index contributed by atoms with van der Waals surface area (Å²) in [5, 5.41) is 12.1. The molecule has 0 atom stereocenters. The fourth-order valence-electron chi connectivity index (χ4n) is 2.87. The number of rotatable bonds is 4. The van der Waals surface area contributed by atoms with Crippen LogP contribution in [0.15, 0.2) is 23.0 Å². The number of aromatic amines is 1. The predicted octanol–water partition coefficient (Wildman–Crippen LogP) is 3.05. The largest absolute Gasteiger partial charge is 0.326 e. The molecule has 0 aliphatic heterocycles. The van der Waals surface area contributed by atoms with Crippen molar-refractivity contribution in [2.24, 2.45) is 0 Å². The molecule has 0 unspecified atom stereocenters. The highest BCUT2D eigenvalue weighted by Gasteiger charge is 2.14. The number of nitrogens with zero attached hydrogens (tertiary/aromatic N) is 1. The van der Waals surface area contributed by atoms with E-state index in [1.807, 2.05) is 38.1 Å². The van der Waals surface area contributed by atoms with Crippen LogP contribution in [0.3, 0.4) is 0 Å². The van der Waals surface area contributed by atoms with E-state index in [-0.39, 0.29) is 23.5 Å². The lowest BCUT2D eigenvalue weighted by Gasteiger charge is -2.13. The van der Waals surface area contributed by atoms with E-state index in [4.69, 9.17) is 5.26 Å². The van der Waals surface area contributed by atoms with E-state index < -0.39 is 0 Å². The average Bonchev–Trinajstić information content (AvgIpc) is 2.51. The maximum absolute atomic E-state index is 12.3. The Morgan fingerprint density at radius 2 is 1.83 bits per heavy atom. The molecule has 0 aliphatic rings. The smallest absolute Gasteiger partial charge is 0.266 e. The van der Waals surface area contributed by atoms with Crippen LogP contribution in [0.1, 0.15) is 39.9 Å². The first-order valence-corrected chi connectivity index (χ1v) is 7.83. The molecule has 1 aromatic carbocycles. The summed E-state index contributed by atoms with van der Waals surface area (Å²) in [6.07, 6.45) is 0.756. The fourth-order valence-corrected chi connectivity index (χ4v) is 2.87. The van der Waals surface area contributed by atoms with Gasteiger partial charge in [0.1, 0.15) is 11.6 Å². The molecule has 24 heavy (non-hydrogen) atoms. The van der Waals surface area contributed by atoms with Gasteiger partial charge in [-0.25, -0.2) is 0 Å². The third-order valence-corrected chi connectivity index (χ3v) is 4.27. The van der Waals surface area contributed by atoms with Gasteiger partial charge in [-0.1, -0.05) is 18.2 Å². The Balaban J connectivity index is 2.16. The van der Waals surface area contributed by atoms with Crippen LogP contribution in [0.4, 0.5) is 5.69 Å². The highest BCUT2D eigenvalue weighted by Crippen LogP contribution is 2.20. The molecule has 0 radical (unpaired) electrons. The number of aromatic nitrogens is 1. The Labute approximate surface area is 141 Å². The first-order valence-electron chi connectivity index (χ1n) is 7.83. The number of carbonyl (C=O) groups is 1. The second-order valence-electron chi connectivity index (χ2n) is 5.98. The number of H-pyrrole nitrogens is 1. The van der Waals surface area contributed by atoms with Crippen molar-refractivity contribution in [1.82, 2.24) is 4.98 Å². The zero-order valence-corrected chi connectivity index (χ0v) is 14.4. The van der Waals surface area contributed by atoms with Gasteiger partial charge in [-0.3, -0.25) is 9.59 Å². The number of benzene rings is 1. The number of carbonyl (C=O) groups excluding carboxylic acids is 1. The van der Waals surface area contributed by atoms with Gasteiger partial charge in [0.05, 0.1) is 0 Å². The number of hydrogen-bond acceptors (Lipinski definition) is 3. The number of amides is 1. The standard InChI is InChI=1S/C19H21N3O2/c1-11-6-5-7-12(2)18(11)22-17(23)9-8-15-13(3)16(10-20)19(24)21-14(15)4/h5-7H,8-9H2,1-4H3,(H,21,24)(H,22,23). The van der Waals surface area contributed by atoms with E-state index in [2.05, 4.69) is 10.3 Å². The van der Waals surface area contributed by atoms with E-state index in [1.54, 1.807) is 13.8 Å². The molecule has 0 spiro atoms. The Bertz CT molecular complexity index is 868. The summed E-state index contributed by atoms with van der Waals surface area (Å²) in [6, 6.07) is 7.80. The molecule has 1 amide bonds. The van der Waals surface area contributed by atoms with Gasteiger partial charge in [-0.2, -0.15) is 5.26 Å². The van der Waals surface area contributed by atoms with Crippen LogP contribution in [-0.4, -0.2) is 10.9 Å². The quantitative estimate of drug-likeness (QED) is 0.906. The number of para-hydroxylation sites is 1. The minimum Gasteiger partial charge on any atom is -0.326 e. The van der Waals surface area contributed by atoms with Crippen molar-refractivity contribution in [2.75, 3.05) is 5.32 Å². The number of aryl methyl sites for hydroxylation is 3. The summed E-state index contributed by atoms with van der Waals surface area (Å²) in [5.41, 5.74) is 4.83. The monoisotopic (exact) mass is 323 g/mol. The van der Waals surface area contributed by atoms with Gasteiger partial charge in [0.25, 0.3) is 5.56 Å². The highest BCUT2D eigenvalue weighted by atomic mass is 16.1. The van der Waals surface area contributed by atoms with Crippen molar-refractivity contribution in [3.05, 3.63) is 62.1 Å². The van der Waals surface area contributed by atoms with Gasteiger partial charge < -0.3 is 10.3 Å². The zero-order valence-electron chi connectivity index (χ0n) is 14.4. The third kappa shape index (κ3) is 3.54. The van der Waals surface area contributed by atoms with Gasteiger partial charge in [-0.15, -0.1) is 0 Å². The van der Waals surface area contributed by atoms with E-state index in [0.717, 1.165) is 22.4 Å². The first-order chi connectivity index (χ1) is 11.3. The summed E-state index contributed by atoms with van der Waals surface area (Å²) < 4.78 is 0. The molecule has 2 rings (SSSR count). The van der Waals surface area contributed by atoms with Crippen molar-refractivity contribution in [1.29, 1.82) is 5.26 Å². The van der Waals surface area contributed by atoms with Gasteiger partial charge in [0.2, 0.25) is 5.91 Å². The van der Waals surface area contributed by atoms with Crippen LogP contribution >= 0.6 is 0 Å². The number of nitriles is 1. The first kappa shape index (κ1) is 17.5. The second kappa shape index (κ2) is 7.14. The van der Waals surface area contributed by atoms with Crippen LogP contribution < -0.4 is 10.9 Å². The lowest BCUT2D eigenvalue weighted by molar-refractivity contribution is -0.116. The molecule has 124 valence electrons. The molecule has 2 aromatic rings. The minimum absolute atomic E-state index is 0.0871. The zero-order chi connectivity index (χ0) is 17.9. The molecule has 0 fully saturated rings. The van der Waals surface area contributed by atoms with Crippen LogP contribution in [0.5, 0.6) is 0 Å². The molecule has 1 heterocycles. The molecule has 0 bridgehead atoms. The Hall–Kier alpha value is -2.87. The SMILES string of the molecule is Cc1cccc(C)c1NC(=O)CCc1c(C)[nH]c(=O)c(C#N)c1C. The van der Waals surface area contributed by atoms with Crippen molar-refractivity contribution >= 4 is 11.6 Å². The van der Waals surface area contributed by atoms with Crippen LogP contribution in [0.2, 0.25) is 0 Å². The molecular formula is C19H21N3O2. The highest BCUT2D eigenvalue weighted by molar-refractivity contribution is 5.92. The predicted molar refractivity (Wildman–Crippen MR) is 94.1 cm³/mol. The molecule has 2 N–H and O–H groups in total. The van der Waals surface area contributed by atoms with Gasteiger partial charge in [0.15, 0.2) is 0 Å². The minimum atomic E-state index is -0.378. The normalized spacial score (nSPS) is 10.3. The van der Waals surface area contributed by atoms with Crippen molar-refractivity contribution in [3.63, 3.8) is 0 Å². The Kier molecular flexibility index (Phi) is 5.20. The van der Waals surface area contributed by atoms with E-state index >= 15 is 0 Å². The number of anilines is 1. The number of pyridine rings is 1. The molecule has 0 aliphatic carbocycles. The molecule has 0 saturated heterocycles.